The highest BCUT2D eigenvalue weighted by Gasteiger charge is 2.04. The van der Waals surface area contributed by atoms with Crippen LogP contribution in [0, 0.1) is 6.07 Å². The number of hydrogen-bond donors (Lipinski definition) is 0. The second kappa shape index (κ2) is 7.12. The molecule has 0 spiro atoms. The Balaban J connectivity index is 2.07. The Bertz CT molecular complexity index is 468. The van der Waals surface area contributed by atoms with Crippen LogP contribution in [-0.2, 0) is 0 Å². The van der Waals surface area contributed by atoms with Crippen LogP contribution in [0.1, 0.15) is 19.8 Å². The van der Waals surface area contributed by atoms with Crippen molar-refractivity contribution in [1.29, 1.82) is 0 Å². The fraction of sp³-hybridized carbons (Fsp3) is 0.250. The van der Waals surface area contributed by atoms with E-state index in [2.05, 4.69) is 25.1 Å². The standard InChI is InChI=1S/C16H17OS/c1-2-3-13-17-15-11-7-8-12-16(15)18-14-9-5-4-6-10-14/h4-11H,2-3,13H2,1H3. The van der Waals surface area contributed by atoms with E-state index in [0.717, 1.165) is 30.1 Å². The number of unbranched alkanes of at least 4 members (excludes halogenated alkanes) is 1. The average Bonchev–Trinajstić information content (AvgIpc) is 2.42. The minimum Gasteiger partial charge on any atom is -0.492 e. The van der Waals surface area contributed by atoms with E-state index in [9.17, 15) is 0 Å². The summed E-state index contributed by atoms with van der Waals surface area (Å²) in [5.41, 5.74) is 0. The van der Waals surface area contributed by atoms with Gasteiger partial charge < -0.3 is 4.74 Å². The van der Waals surface area contributed by atoms with Gasteiger partial charge in [-0.1, -0.05) is 55.4 Å². The van der Waals surface area contributed by atoms with E-state index in [1.807, 2.05) is 36.4 Å². The van der Waals surface area contributed by atoms with Gasteiger partial charge in [-0.25, -0.2) is 0 Å². The summed E-state index contributed by atoms with van der Waals surface area (Å²) in [5.74, 6) is 0.930. The van der Waals surface area contributed by atoms with Crippen molar-refractivity contribution in [3.05, 3.63) is 54.6 Å². The first kappa shape index (κ1) is 13.0. The van der Waals surface area contributed by atoms with E-state index in [4.69, 9.17) is 4.74 Å². The van der Waals surface area contributed by atoms with Crippen molar-refractivity contribution in [2.24, 2.45) is 0 Å². The maximum absolute atomic E-state index is 5.80. The highest BCUT2D eigenvalue weighted by atomic mass is 32.2. The van der Waals surface area contributed by atoms with E-state index in [1.54, 1.807) is 11.8 Å². The van der Waals surface area contributed by atoms with Gasteiger partial charge in [0.25, 0.3) is 0 Å². The van der Waals surface area contributed by atoms with E-state index in [1.165, 1.54) is 4.90 Å². The number of ether oxygens (including phenoxy) is 1. The average molecular weight is 257 g/mol. The summed E-state index contributed by atoms with van der Waals surface area (Å²) in [6, 6.07) is 19.5. The molecule has 18 heavy (non-hydrogen) atoms. The summed E-state index contributed by atoms with van der Waals surface area (Å²) in [6.07, 6.45) is 2.24. The molecule has 0 aromatic heterocycles. The normalized spacial score (nSPS) is 10.3. The Morgan fingerprint density at radius 3 is 2.72 bits per heavy atom. The summed E-state index contributed by atoms with van der Waals surface area (Å²) in [6.45, 7) is 2.94. The lowest BCUT2D eigenvalue weighted by Crippen LogP contribution is -1.97. The summed E-state index contributed by atoms with van der Waals surface area (Å²) in [5, 5.41) is 0. The molecule has 2 aromatic carbocycles. The van der Waals surface area contributed by atoms with E-state index < -0.39 is 0 Å². The molecule has 93 valence electrons. The predicted octanol–water partition coefficient (Wildman–Crippen LogP) is 4.82. The number of benzene rings is 2. The van der Waals surface area contributed by atoms with Gasteiger partial charge in [-0.3, -0.25) is 0 Å². The van der Waals surface area contributed by atoms with Crippen molar-refractivity contribution in [3.63, 3.8) is 0 Å². The first-order chi connectivity index (χ1) is 8.90. The monoisotopic (exact) mass is 257 g/mol. The SMILES string of the molecule is CCCCOc1ccc[c]c1Sc1ccccc1. The van der Waals surface area contributed by atoms with Crippen molar-refractivity contribution in [3.8, 4) is 5.75 Å². The van der Waals surface area contributed by atoms with Gasteiger partial charge in [-0.15, -0.1) is 0 Å². The van der Waals surface area contributed by atoms with Gasteiger partial charge in [0.05, 0.1) is 11.5 Å². The molecular weight excluding hydrogens is 240 g/mol. The maximum Gasteiger partial charge on any atom is 0.133 e. The molecule has 2 heteroatoms. The van der Waals surface area contributed by atoms with Crippen LogP contribution in [0.25, 0.3) is 0 Å². The summed E-state index contributed by atoms with van der Waals surface area (Å²) in [7, 11) is 0. The van der Waals surface area contributed by atoms with Crippen LogP contribution in [0.4, 0.5) is 0 Å². The summed E-state index contributed by atoms with van der Waals surface area (Å²) >= 11 is 1.69. The second-order valence-corrected chi connectivity index (χ2v) is 5.06. The first-order valence-corrected chi connectivity index (χ1v) is 7.08. The minimum absolute atomic E-state index is 0.775. The van der Waals surface area contributed by atoms with Crippen LogP contribution in [0.15, 0.2) is 58.3 Å². The summed E-state index contributed by atoms with van der Waals surface area (Å²) in [4.78, 5) is 2.26. The second-order valence-electron chi connectivity index (χ2n) is 3.98. The zero-order valence-corrected chi connectivity index (χ0v) is 11.4. The Morgan fingerprint density at radius 1 is 1.11 bits per heavy atom. The van der Waals surface area contributed by atoms with E-state index in [-0.39, 0.29) is 0 Å². The zero-order chi connectivity index (χ0) is 12.6. The van der Waals surface area contributed by atoms with Gasteiger partial charge in [-0.05, 0) is 24.6 Å². The molecule has 0 bridgehead atoms. The smallest absolute Gasteiger partial charge is 0.133 e. The van der Waals surface area contributed by atoms with Gasteiger partial charge in [0.2, 0.25) is 0 Å². The van der Waals surface area contributed by atoms with Crippen LogP contribution >= 0.6 is 11.8 Å². The maximum atomic E-state index is 5.80. The van der Waals surface area contributed by atoms with Gasteiger partial charge in [0.15, 0.2) is 0 Å². The molecular formula is C16H17OS. The topological polar surface area (TPSA) is 9.23 Å². The minimum atomic E-state index is 0.775. The van der Waals surface area contributed by atoms with Crippen LogP contribution in [0.2, 0.25) is 0 Å². The Morgan fingerprint density at radius 2 is 1.94 bits per heavy atom. The van der Waals surface area contributed by atoms with Crippen molar-refractivity contribution >= 4 is 11.8 Å². The molecule has 2 rings (SSSR count). The number of rotatable bonds is 6. The molecule has 0 N–H and O–H groups in total. The fourth-order valence-electron chi connectivity index (χ4n) is 1.53. The number of hydrogen-bond acceptors (Lipinski definition) is 2. The van der Waals surface area contributed by atoms with Crippen LogP contribution in [-0.4, -0.2) is 6.61 Å². The molecule has 0 saturated heterocycles. The highest BCUT2D eigenvalue weighted by Crippen LogP contribution is 2.34. The largest absolute Gasteiger partial charge is 0.492 e. The van der Waals surface area contributed by atoms with Crippen molar-refractivity contribution < 1.29 is 4.74 Å². The molecule has 0 saturated carbocycles. The van der Waals surface area contributed by atoms with Crippen molar-refractivity contribution in [2.45, 2.75) is 29.6 Å². The molecule has 0 amide bonds. The molecule has 0 aliphatic rings. The third-order valence-corrected chi connectivity index (χ3v) is 3.53. The molecule has 0 heterocycles. The molecule has 0 fully saturated rings. The lowest BCUT2D eigenvalue weighted by molar-refractivity contribution is 0.302. The molecule has 1 nitrogen and oxygen atoms in total. The third kappa shape index (κ3) is 3.81. The fourth-order valence-corrected chi connectivity index (χ4v) is 2.42. The summed E-state index contributed by atoms with van der Waals surface area (Å²) < 4.78 is 5.80. The zero-order valence-electron chi connectivity index (χ0n) is 10.6. The quantitative estimate of drug-likeness (QED) is 0.686. The third-order valence-electron chi connectivity index (χ3n) is 2.50. The van der Waals surface area contributed by atoms with Crippen LogP contribution in [0.5, 0.6) is 5.75 Å². The molecule has 2 aromatic rings. The van der Waals surface area contributed by atoms with Crippen molar-refractivity contribution in [1.82, 2.24) is 0 Å². The molecule has 0 aliphatic heterocycles. The van der Waals surface area contributed by atoms with Gasteiger partial charge in [0, 0.05) is 11.0 Å². The van der Waals surface area contributed by atoms with Gasteiger partial charge in [-0.2, -0.15) is 0 Å². The molecule has 0 atom stereocenters. The lowest BCUT2D eigenvalue weighted by Gasteiger charge is -2.10. The van der Waals surface area contributed by atoms with Crippen LogP contribution in [0.3, 0.4) is 0 Å². The highest BCUT2D eigenvalue weighted by molar-refractivity contribution is 7.99. The lowest BCUT2D eigenvalue weighted by atomic mass is 10.3. The molecule has 0 aliphatic carbocycles. The Kier molecular flexibility index (Phi) is 5.15. The Labute approximate surface area is 113 Å². The first-order valence-electron chi connectivity index (χ1n) is 6.26. The van der Waals surface area contributed by atoms with Gasteiger partial charge >= 0.3 is 0 Å². The van der Waals surface area contributed by atoms with E-state index in [0.29, 0.717) is 0 Å². The molecule has 1 radical (unpaired) electrons. The van der Waals surface area contributed by atoms with Crippen molar-refractivity contribution in [2.75, 3.05) is 6.61 Å². The molecule has 0 unspecified atom stereocenters. The van der Waals surface area contributed by atoms with Crippen LogP contribution < -0.4 is 4.74 Å². The predicted molar refractivity (Wildman–Crippen MR) is 76.2 cm³/mol. The van der Waals surface area contributed by atoms with E-state index >= 15 is 0 Å². The Hall–Kier alpha value is -1.41. The van der Waals surface area contributed by atoms with Gasteiger partial charge in [0.1, 0.15) is 5.75 Å².